The third-order valence-electron chi connectivity index (χ3n) is 5.19. The van der Waals surface area contributed by atoms with Crippen LogP contribution in [0.3, 0.4) is 0 Å². The fourth-order valence-electron chi connectivity index (χ4n) is 3.61. The van der Waals surface area contributed by atoms with Crippen molar-refractivity contribution >= 4 is 16.8 Å². The Labute approximate surface area is 152 Å². The molecule has 3 aromatic rings. The largest absolute Gasteiger partial charge is 0.393 e. The molecule has 2 N–H and O–H groups in total. The van der Waals surface area contributed by atoms with E-state index in [0.717, 1.165) is 30.2 Å². The number of nitrogens with one attached hydrogen (secondary N) is 1. The van der Waals surface area contributed by atoms with Gasteiger partial charge in [-0.3, -0.25) is 9.78 Å². The van der Waals surface area contributed by atoms with Crippen molar-refractivity contribution in [1.29, 1.82) is 0 Å². The van der Waals surface area contributed by atoms with E-state index < -0.39 is 0 Å². The van der Waals surface area contributed by atoms with E-state index in [1.807, 2.05) is 48.5 Å². The van der Waals surface area contributed by atoms with Gasteiger partial charge in [0, 0.05) is 17.6 Å². The highest BCUT2D eigenvalue weighted by Crippen LogP contribution is 2.32. The lowest BCUT2D eigenvalue weighted by Crippen LogP contribution is -2.48. The molecule has 0 radical (unpaired) electrons. The van der Waals surface area contributed by atoms with Gasteiger partial charge in [0.15, 0.2) is 0 Å². The molecular weight excluding hydrogens is 324 g/mol. The molecule has 4 heteroatoms. The number of aliphatic hydroxyl groups excluding tert-OH is 1. The monoisotopic (exact) mass is 346 g/mol. The molecule has 0 saturated heterocycles. The topological polar surface area (TPSA) is 62.2 Å². The van der Waals surface area contributed by atoms with E-state index in [1.165, 1.54) is 5.56 Å². The second-order valence-electron chi connectivity index (χ2n) is 7.07. The fraction of sp³-hybridized carbons (Fsp3) is 0.273. The van der Waals surface area contributed by atoms with Crippen LogP contribution >= 0.6 is 0 Å². The van der Waals surface area contributed by atoms with Crippen LogP contribution in [0, 0.1) is 5.92 Å². The van der Waals surface area contributed by atoms with Crippen molar-refractivity contribution in [3.05, 3.63) is 78.0 Å². The summed E-state index contributed by atoms with van der Waals surface area (Å²) in [6, 6.07) is 19.8. The molecule has 1 aromatic heterocycles. The van der Waals surface area contributed by atoms with Crippen LogP contribution in [-0.2, 0) is 6.42 Å². The molecule has 1 fully saturated rings. The van der Waals surface area contributed by atoms with Gasteiger partial charge in [-0.15, -0.1) is 0 Å². The summed E-state index contributed by atoms with van der Waals surface area (Å²) in [4.78, 5) is 17.2. The molecule has 0 aliphatic heterocycles. The number of fused-ring (bicyclic) bond motifs is 1. The Kier molecular flexibility index (Phi) is 4.67. The predicted molar refractivity (Wildman–Crippen MR) is 102 cm³/mol. The number of rotatable bonds is 5. The fourth-order valence-corrected chi connectivity index (χ4v) is 3.61. The van der Waals surface area contributed by atoms with Gasteiger partial charge in [-0.25, -0.2) is 0 Å². The van der Waals surface area contributed by atoms with Gasteiger partial charge in [-0.05, 0) is 42.9 Å². The molecular formula is C22H22N2O2. The van der Waals surface area contributed by atoms with Crippen molar-refractivity contribution in [3.8, 4) is 0 Å². The molecule has 1 heterocycles. The van der Waals surface area contributed by atoms with Crippen molar-refractivity contribution in [2.45, 2.75) is 31.4 Å². The first-order valence-electron chi connectivity index (χ1n) is 9.06. The zero-order chi connectivity index (χ0) is 17.9. The molecule has 1 aliphatic rings. The smallest absolute Gasteiger partial charge is 0.253 e. The summed E-state index contributed by atoms with van der Waals surface area (Å²) in [5.41, 5.74) is 2.64. The van der Waals surface area contributed by atoms with Gasteiger partial charge in [0.25, 0.3) is 5.91 Å². The maximum atomic E-state index is 12.8. The van der Waals surface area contributed by atoms with E-state index in [4.69, 9.17) is 0 Å². The molecule has 132 valence electrons. The Bertz CT molecular complexity index is 904. The van der Waals surface area contributed by atoms with E-state index in [0.29, 0.717) is 11.5 Å². The standard InChI is InChI=1S/C22H22N2O2/c25-19-12-17(13-19)21(10-15-6-2-1-3-7-15)24-22(26)18-11-16-8-4-5-9-20(16)23-14-18/h1-9,11,14,17,19,21,25H,10,12-13H2,(H,24,26). The summed E-state index contributed by atoms with van der Waals surface area (Å²) >= 11 is 0. The Morgan fingerprint density at radius 3 is 2.62 bits per heavy atom. The lowest BCUT2D eigenvalue weighted by molar-refractivity contribution is 0.0239. The van der Waals surface area contributed by atoms with Crippen molar-refractivity contribution in [3.63, 3.8) is 0 Å². The SMILES string of the molecule is O=C(NC(Cc1ccccc1)C1CC(O)C1)c1cnc2ccccc2c1. The van der Waals surface area contributed by atoms with Gasteiger partial charge in [0.2, 0.25) is 0 Å². The second-order valence-corrected chi connectivity index (χ2v) is 7.07. The third kappa shape index (κ3) is 3.60. The highest BCUT2D eigenvalue weighted by Gasteiger charge is 2.34. The van der Waals surface area contributed by atoms with Gasteiger partial charge in [0.05, 0.1) is 17.2 Å². The zero-order valence-electron chi connectivity index (χ0n) is 14.5. The summed E-state index contributed by atoms with van der Waals surface area (Å²) < 4.78 is 0. The molecule has 2 aromatic carbocycles. The van der Waals surface area contributed by atoms with Gasteiger partial charge in [-0.1, -0.05) is 48.5 Å². The molecule has 1 saturated carbocycles. The van der Waals surface area contributed by atoms with Gasteiger partial charge in [0.1, 0.15) is 0 Å². The number of pyridine rings is 1. The average molecular weight is 346 g/mol. The first-order chi connectivity index (χ1) is 12.7. The number of benzene rings is 2. The Morgan fingerprint density at radius 1 is 1.12 bits per heavy atom. The molecule has 26 heavy (non-hydrogen) atoms. The van der Waals surface area contributed by atoms with Crippen molar-refractivity contribution in [2.24, 2.45) is 5.92 Å². The van der Waals surface area contributed by atoms with E-state index in [2.05, 4.69) is 22.4 Å². The molecule has 1 atom stereocenters. The molecule has 0 spiro atoms. The van der Waals surface area contributed by atoms with E-state index in [-0.39, 0.29) is 18.1 Å². The van der Waals surface area contributed by atoms with Gasteiger partial charge >= 0.3 is 0 Å². The molecule has 1 unspecified atom stereocenters. The number of hydrogen-bond donors (Lipinski definition) is 2. The number of aliphatic hydroxyl groups is 1. The summed E-state index contributed by atoms with van der Waals surface area (Å²) in [5, 5.41) is 13.8. The van der Waals surface area contributed by atoms with E-state index >= 15 is 0 Å². The first kappa shape index (κ1) is 16.7. The minimum Gasteiger partial charge on any atom is -0.393 e. The van der Waals surface area contributed by atoms with Crippen molar-refractivity contribution < 1.29 is 9.90 Å². The Morgan fingerprint density at radius 2 is 1.85 bits per heavy atom. The number of aromatic nitrogens is 1. The lowest BCUT2D eigenvalue weighted by Gasteiger charge is -2.38. The average Bonchev–Trinajstić information content (AvgIpc) is 2.65. The molecule has 4 nitrogen and oxygen atoms in total. The van der Waals surface area contributed by atoms with Gasteiger partial charge in [-0.2, -0.15) is 0 Å². The second kappa shape index (κ2) is 7.26. The third-order valence-corrected chi connectivity index (χ3v) is 5.19. The van der Waals surface area contributed by atoms with Crippen LogP contribution in [0.4, 0.5) is 0 Å². The van der Waals surface area contributed by atoms with Crippen LogP contribution in [0.5, 0.6) is 0 Å². The maximum Gasteiger partial charge on any atom is 0.253 e. The molecule has 1 aliphatic carbocycles. The van der Waals surface area contributed by atoms with Crippen LogP contribution in [0.2, 0.25) is 0 Å². The quantitative estimate of drug-likeness (QED) is 0.745. The Balaban J connectivity index is 1.52. The van der Waals surface area contributed by atoms with Crippen molar-refractivity contribution in [2.75, 3.05) is 0 Å². The number of para-hydroxylation sites is 1. The lowest BCUT2D eigenvalue weighted by atomic mass is 9.75. The summed E-state index contributed by atoms with van der Waals surface area (Å²) in [7, 11) is 0. The summed E-state index contributed by atoms with van der Waals surface area (Å²) in [6.07, 6.45) is 3.65. The van der Waals surface area contributed by atoms with Crippen LogP contribution in [-0.4, -0.2) is 28.1 Å². The van der Waals surface area contributed by atoms with E-state index in [9.17, 15) is 9.90 Å². The predicted octanol–water partition coefficient (Wildman–Crippen LogP) is 3.35. The summed E-state index contributed by atoms with van der Waals surface area (Å²) in [5.74, 6) is 0.202. The zero-order valence-corrected chi connectivity index (χ0v) is 14.5. The highest BCUT2D eigenvalue weighted by atomic mass is 16.3. The number of hydrogen-bond acceptors (Lipinski definition) is 3. The van der Waals surface area contributed by atoms with Gasteiger partial charge < -0.3 is 10.4 Å². The van der Waals surface area contributed by atoms with Crippen LogP contribution in [0.25, 0.3) is 10.9 Å². The molecule has 4 rings (SSSR count). The Hall–Kier alpha value is -2.72. The maximum absolute atomic E-state index is 12.8. The van der Waals surface area contributed by atoms with Crippen LogP contribution in [0.15, 0.2) is 66.9 Å². The first-order valence-corrected chi connectivity index (χ1v) is 9.06. The molecule has 1 amide bonds. The number of carbonyl (C=O) groups is 1. The minimum absolute atomic E-state index is 0.0137. The number of nitrogens with zero attached hydrogens (tertiary/aromatic N) is 1. The van der Waals surface area contributed by atoms with Crippen LogP contribution < -0.4 is 5.32 Å². The summed E-state index contributed by atoms with van der Waals surface area (Å²) in [6.45, 7) is 0. The minimum atomic E-state index is -0.238. The molecule has 0 bridgehead atoms. The van der Waals surface area contributed by atoms with Crippen molar-refractivity contribution in [1.82, 2.24) is 10.3 Å². The van der Waals surface area contributed by atoms with Crippen LogP contribution in [0.1, 0.15) is 28.8 Å². The van der Waals surface area contributed by atoms with E-state index in [1.54, 1.807) is 6.20 Å². The highest BCUT2D eigenvalue weighted by molar-refractivity contribution is 5.97. The number of amides is 1. The number of carbonyl (C=O) groups excluding carboxylic acids is 1. The normalized spacial score (nSPS) is 20.3.